The number of aliphatic carboxylic acids is 1. The summed E-state index contributed by atoms with van der Waals surface area (Å²) in [6, 6.07) is -1.40. The Bertz CT molecular complexity index is 1200. The lowest BCUT2D eigenvalue weighted by Gasteiger charge is -2.15. The molecule has 0 saturated carbocycles. The Labute approximate surface area is 333 Å². The molecular weight excluding hydrogens is 693 g/mol. The van der Waals surface area contributed by atoms with Gasteiger partial charge in [0, 0.05) is 12.8 Å². The Kier molecular flexibility index (Phi) is 36.8. The van der Waals surface area contributed by atoms with Gasteiger partial charge in [-0.05, 0) is 96.0 Å². The maximum atomic E-state index is 12.7. The summed E-state index contributed by atoms with van der Waals surface area (Å²) in [6.07, 6.45) is 50.5. The molecule has 0 rings (SSSR count). The van der Waals surface area contributed by atoms with Crippen LogP contribution < -0.4 is 10.6 Å². The van der Waals surface area contributed by atoms with E-state index in [-0.39, 0.29) is 30.9 Å². The summed E-state index contributed by atoms with van der Waals surface area (Å²) in [5, 5.41) is 22.5. The second kappa shape index (κ2) is 39.7. The van der Waals surface area contributed by atoms with Crippen LogP contribution in [0, 0.1) is 0 Å². The molecule has 0 aliphatic heterocycles. The number of allylic oxidation sites excluding steroid dienone is 13. The number of rotatable bonds is 36. The quantitative estimate of drug-likeness (QED) is 0.0283. The number of unbranched alkanes of at least 4 members (excludes halogenated alkanes) is 10. The van der Waals surface area contributed by atoms with E-state index < -0.39 is 24.5 Å². The molecule has 0 aromatic carbocycles. The first-order valence-electron chi connectivity index (χ1n) is 21.0. The number of ether oxygens (including phenoxy) is 1. The zero-order valence-electron chi connectivity index (χ0n) is 34.1. The summed E-state index contributed by atoms with van der Waals surface area (Å²) in [7, 11) is 0. The van der Waals surface area contributed by atoms with Crippen molar-refractivity contribution in [3.8, 4) is 0 Å². The normalized spacial score (nSPS) is 13.4. The Hall–Kier alpha value is -3.98. The Morgan fingerprint density at radius 1 is 0.582 bits per heavy atom. The van der Waals surface area contributed by atoms with Crippen LogP contribution in [0.3, 0.4) is 0 Å². The van der Waals surface area contributed by atoms with Crippen molar-refractivity contribution in [1.29, 1.82) is 0 Å². The van der Waals surface area contributed by atoms with E-state index in [1.165, 1.54) is 25.7 Å². The first-order valence-corrected chi connectivity index (χ1v) is 21.0. The summed E-state index contributed by atoms with van der Waals surface area (Å²) in [5.74, 6) is -2.47. The van der Waals surface area contributed by atoms with Crippen LogP contribution in [0.2, 0.25) is 0 Å². The predicted molar refractivity (Wildman–Crippen MR) is 226 cm³/mol. The van der Waals surface area contributed by atoms with Crippen molar-refractivity contribution in [3.05, 3.63) is 85.1 Å². The van der Waals surface area contributed by atoms with Gasteiger partial charge in [-0.2, -0.15) is 0 Å². The molecule has 0 saturated heterocycles. The van der Waals surface area contributed by atoms with Crippen LogP contribution in [-0.4, -0.2) is 59.3 Å². The van der Waals surface area contributed by atoms with Crippen molar-refractivity contribution in [1.82, 2.24) is 10.6 Å². The number of esters is 1. The third kappa shape index (κ3) is 36.8. The van der Waals surface area contributed by atoms with Crippen molar-refractivity contribution in [2.24, 2.45) is 0 Å². The smallest absolute Gasteiger partial charge is 0.328 e. The molecule has 2 unspecified atom stereocenters. The highest BCUT2D eigenvalue weighted by Gasteiger charge is 2.18. The molecule has 310 valence electrons. The van der Waals surface area contributed by atoms with Crippen LogP contribution in [0.1, 0.15) is 155 Å². The molecule has 0 aliphatic carbocycles. The van der Waals surface area contributed by atoms with E-state index in [0.29, 0.717) is 12.8 Å². The van der Waals surface area contributed by atoms with E-state index in [1.807, 2.05) is 6.08 Å². The van der Waals surface area contributed by atoms with Gasteiger partial charge in [-0.1, -0.05) is 131 Å². The molecule has 2 atom stereocenters. The Balaban J connectivity index is 4.41. The number of aliphatic hydroxyl groups is 1. The van der Waals surface area contributed by atoms with Gasteiger partial charge in [0.2, 0.25) is 11.8 Å². The summed E-state index contributed by atoms with van der Waals surface area (Å²) in [5.41, 5.74) is 0. The second-order valence-electron chi connectivity index (χ2n) is 13.7. The topological polar surface area (TPSA) is 142 Å². The molecule has 0 aliphatic rings. The van der Waals surface area contributed by atoms with Crippen LogP contribution in [0.25, 0.3) is 0 Å². The third-order valence-corrected chi connectivity index (χ3v) is 8.61. The first kappa shape index (κ1) is 51.0. The molecule has 0 aromatic rings. The Morgan fingerprint density at radius 3 is 1.65 bits per heavy atom. The van der Waals surface area contributed by atoms with Crippen LogP contribution in [0.15, 0.2) is 85.1 Å². The van der Waals surface area contributed by atoms with E-state index in [9.17, 15) is 19.2 Å². The zero-order chi connectivity index (χ0) is 40.5. The number of hydrogen-bond donors (Lipinski definition) is 4. The minimum absolute atomic E-state index is 0.162. The largest absolute Gasteiger partial charge is 0.480 e. The molecule has 9 heteroatoms. The van der Waals surface area contributed by atoms with E-state index in [0.717, 1.165) is 96.3 Å². The van der Waals surface area contributed by atoms with E-state index >= 15 is 0 Å². The van der Waals surface area contributed by atoms with Crippen LogP contribution in [0.5, 0.6) is 0 Å². The molecular formula is C46H74N2O7. The van der Waals surface area contributed by atoms with Gasteiger partial charge in [-0.25, -0.2) is 4.79 Å². The van der Waals surface area contributed by atoms with Crippen molar-refractivity contribution in [2.45, 2.75) is 167 Å². The monoisotopic (exact) mass is 767 g/mol. The van der Waals surface area contributed by atoms with E-state index in [1.54, 1.807) is 0 Å². The van der Waals surface area contributed by atoms with E-state index in [2.05, 4.69) is 103 Å². The van der Waals surface area contributed by atoms with Crippen molar-refractivity contribution in [3.63, 3.8) is 0 Å². The van der Waals surface area contributed by atoms with Gasteiger partial charge in [-0.3, -0.25) is 14.4 Å². The average molecular weight is 767 g/mol. The number of carbonyl (C=O) groups excluding carboxylic acids is 3. The van der Waals surface area contributed by atoms with Crippen LogP contribution in [-0.2, 0) is 23.9 Å². The van der Waals surface area contributed by atoms with Crippen LogP contribution in [0.4, 0.5) is 0 Å². The van der Waals surface area contributed by atoms with Gasteiger partial charge in [-0.15, -0.1) is 0 Å². The molecule has 4 N–H and O–H groups in total. The fourth-order valence-electron chi connectivity index (χ4n) is 5.39. The number of carboxylic acids is 1. The molecule has 2 amide bonds. The van der Waals surface area contributed by atoms with Crippen LogP contribution >= 0.6 is 0 Å². The van der Waals surface area contributed by atoms with Gasteiger partial charge in [0.15, 0.2) is 0 Å². The molecule has 0 heterocycles. The maximum absolute atomic E-state index is 12.7. The minimum Gasteiger partial charge on any atom is -0.480 e. The van der Waals surface area contributed by atoms with Gasteiger partial charge in [0.1, 0.15) is 12.1 Å². The lowest BCUT2D eigenvalue weighted by Crippen LogP contribution is -2.47. The molecule has 0 radical (unpaired) electrons. The van der Waals surface area contributed by atoms with Gasteiger partial charge in [0.05, 0.1) is 13.2 Å². The molecule has 0 bridgehead atoms. The summed E-state index contributed by atoms with van der Waals surface area (Å²) >= 11 is 0. The van der Waals surface area contributed by atoms with Gasteiger partial charge < -0.3 is 25.6 Å². The SMILES string of the molecule is CC/C=C\C/C=C\C/C=C\C/C=C\C/C=C\CCCCCC(=O)OC(/C=C\C/C=C\CCCCCC)CCCCCCC(=O)NCC(=O)NC(CO)C(=O)O. The maximum Gasteiger partial charge on any atom is 0.328 e. The molecule has 55 heavy (non-hydrogen) atoms. The van der Waals surface area contributed by atoms with Crippen molar-refractivity contribution in [2.75, 3.05) is 13.2 Å². The highest BCUT2D eigenvalue weighted by molar-refractivity contribution is 5.87. The molecule has 9 nitrogen and oxygen atoms in total. The number of amides is 2. The number of carboxylic acid groups (broad SMARTS) is 1. The fraction of sp³-hybridized carbons (Fsp3) is 0.609. The number of carbonyl (C=O) groups is 4. The standard InChI is InChI=1S/C46H74N2O7/c1-3-5-7-9-11-13-14-15-16-17-18-19-20-21-22-24-26-28-34-38-45(52)55-41(35-31-27-25-23-12-10-8-6-4-2)36-32-29-30-33-37-43(50)47-39-44(51)48-42(40-49)46(53)54/h5,7,11,13,15-16,18-19,21-23,25,31,35,41-42,49H,3-4,6,8-10,12,14,17,20,24,26-30,32-34,36-40H2,1-2H3,(H,47,50)(H,48,51)(H,53,54)/b7-5-,13-11-,16-15-,19-18-,22-21-,25-23-,35-31-. The van der Waals surface area contributed by atoms with Gasteiger partial charge in [0.25, 0.3) is 0 Å². The summed E-state index contributed by atoms with van der Waals surface area (Å²) < 4.78 is 5.87. The summed E-state index contributed by atoms with van der Waals surface area (Å²) in [4.78, 5) is 47.5. The zero-order valence-corrected chi connectivity index (χ0v) is 34.1. The number of hydrogen-bond acceptors (Lipinski definition) is 6. The second-order valence-corrected chi connectivity index (χ2v) is 13.7. The number of nitrogens with one attached hydrogen (secondary N) is 2. The molecule has 0 aromatic heterocycles. The average Bonchev–Trinajstić information content (AvgIpc) is 3.17. The predicted octanol–water partition coefficient (Wildman–Crippen LogP) is 10.1. The minimum atomic E-state index is -1.40. The lowest BCUT2D eigenvalue weighted by atomic mass is 10.1. The molecule has 0 fully saturated rings. The Morgan fingerprint density at radius 2 is 1.09 bits per heavy atom. The molecule has 0 spiro atoms. The van der Waals surface area contributed by atoms with Crippen molar-refractivity contribution >= 4 is 23.8 Å². The first-order chi connectivity index (χ1) is 26.8. The highest BCUT2D eigenvalue weighted by atomic mass is 16.5. The van der Waals surface area contributed by atoms with E-state index in [4.69, 9.17) is 14.9 Å². The highest BCUT2D eigenvalue weighted by Crippen LogP contribution is 2.14. The summed E-state index contributed by atoms with van der Waals surface area (Å²) in [6.45, 7) is 3.29. The van der Waals surface area contributed by atoms with Gasteiger partial charge >= 0.3 is 11.9 Å². The lowest BCUT2D eigenvalue weighted by molar-refractivity contribution is -0.147. The van der Waals surface area contributed by atoms with Crippen molar-refractivity contribution < 1.29 is 34.1 Å². The number of aliphatic hydroxyl groups excluding tert-OH is 1. The fourth-order valence-corrected chi connectivity index (χ4v) is 5.39. The third-order valence-electron chi connectivity index (χ3n) is 8.61.